The number of methoxy groups -OCH3 is 1. The summed E-state index contributed by atoms with van der Waals surface area (Å²) in [7, 11) is -2.56. The Hall–Kier alpha value is -2.46. The van der Waals surface area contributed by atoms with Gasteiger partial charge in [-0.15, -0.1) is 0 Å². The van der Waals surface area contributed by atoms with E-state index < -0.39 is 21.5 Å². The molecule has 0 aliphatic carbocycles. The van der Waals surface area contributed by atoms with Crippen LogP contribution in [0.1, 0.15) is 56.2 Å². The van der Waals surface area contributed by atoms with Crippen LogP contribution in [0.5, 0.6) is 5.75 Å². The van der Waals surface area contributed by atoms with Crippen LogP contribution in [-0.4, -0.2) is 37.2 Å². The molecule has 0 unspecified atom stereocenters. The van der Waals surface area contributed by atoms with Crippen molar-refractivity contribution in [2.45, 2.75) is 57.6 Å². The molecule has 0 aliphatic rings. The summed E-state index contributed by atoms with van der Waals surface area (Å²) in [5, 5.41) is 3.78. The van der Waals surface area contributed by atoms with E-state index in [1.807, 2.05) is 6.92 Å². The number of sulfonamides is 1. The molecule has 28 heavy (non-hydrogen) atoms. The Labute approximate surface area is 164 Å². The van der Waals surface area contributed by atoms with Crippen LogP contribution >= 0.6 is 0 Å². The van der Waals surface area contributed by atoms with Crippen LogP contribution in [0.2, 0.25) is 0 Å². The number of aryl methyl sites for hydroxylation is 1. The minimum absolute atomic E-state index is 0.0587. The quantitative estimate of drug-likeness (QED) is 0.658. The van der Waals surface area contributed by atoms with Gasteiger partial charge in [-0.05, 0) is 45.4 Å². The first-order chi connectivity index (χ1) is 13.1. The zero-order chi connectivity index (χ0) is 20.9. The van der Waals surface area contributed by atoms with Gasteiger partial charge in [-0.25, -0.2) is 17.9 Å². The summed E-state index contributed by atoms with van der Waals surface area (Å²) in [4.78, 5) is 16.3. The van der Waals surface area contributed by atoms with Crippen molar-refractivity contribution in [2.24, 2.45) is 0 Å². The lowest BCUT2D eigenvalue weighted by molar-refractivity contribution is 0.0429. The zero-order valence-electron chi connectivity index (χ0n) is 16.6. The van der Waals surface area contributed by atoms with Crippen molar-refractivity contribution in [1.82, 2.24) is 14.9 Å². The second-order valence-corrected chi connectivity index (χ2v) is 8.80. The highest BCUT2D eigenvalue weighted by Crippen LogP contribution is 2.26. The van der Waals surface area contributed by atoms with Crippen molar-refractivity contribution in [3.63, 3.8) is 0 Å². The Morgan fingerprint density at radius 1 is 1.29 bits per heavy atom. The Balaban J connectivity index is 2.20. The number of esters is 1. The van der Waals surface area contributed by atoms with Crippen LogP contribution in [0.3, 0.4) is 0 Å². The lowest BCUT2D eigenvalue weighted by Crippen LogP contribution is -2.40. The van der Waals surface area contributed by atoms with Gasteiger partial charge >= 0.3 is 5.97 Å². The molecule has 0 aliphatic heterocycles. The predicted octanol–water partition coefficient (Wildman–Crippen LogP) is 2.46. The number of hydrogen-bond acceptors (Lipinski definition) is 8. The van der Waals surface area contributed by atoms with Crippen LogP contribution in [0.15, 0.2) is 27.6 Å². The van der Waals surface area contributed by atoms with Crippen LogP contribution in [-0.2, 0) is 27.8 Å². The molecule has 0 radical (unpaired) electrons. The van der Waals surface area contributed by atoms with Gasteiger partial charge in [0.25, 0.3) is 5.89 Å². The highest BCUT2D eigenvalue weighted by molar-refractivity contribution is 7.89. The van der Waals surface area contributed by atoms with Crippen molar-refractivity contribution in [3.8, 4) is 5.75 Å². The second-order valence-electron chi connectivity index (χ2n) is 7.15. The predicted molar refractivity (Wildman–Crippen MR) is 100 cm³/mol. The van der Waals surface area contributed by atoms with Gasteiger partial charge in [0, 0.05) is 12.0 Å². The summed E-state index contributed by atoms with van der Waals surface area (Å²) in [5.74, 6) is 0.117. The summed E-state index contributed by atoms with van der Waals surface area (Å²) in [5.41, 5.74) is -0.641. The summed E-state index contributed by atoms with van der Waals surface area (Å²) in [6, 6.07) is 4.04. The molecule has 1 N–H and O–H groups in total. The largest absolute Gasteiger partial charge is 0.495 e. The summed E-state index contributed by atoms with van der Waals surface area (Å²) in [6.07, 6.45) is 1.53. The maximum Gasteiger partial charge on any atom is 0.338 e. The minimum atomic E-state index is -3.91. The van der Waals surface area contributed by atoms with E-state index in [4.69, 9.17) is 14.0 Å². The third kappa shape index (κ3) is 5.77. The van der Waals surface area contributed by atoms with Gasteiger partial charge in [0.1, 0.15) is 10.6 Å². The van der Waals surface area contributed by atoms with E-state index in [0.29, 0.717) is 12.2 Å². The van der Waals surface area contributed by atoms with Gasteiger partial charge in [0.2, 0.25) is 10.0 Å². The summed E-state index contributed by atoms with van der Waals surface area (Å²) in [6.45, 7) is 6.93. The summed E-state index contributed by atoms with van der Waals surface area (Å²) < 4.78 is 43.2. The average Bonchev–Trinajstić information content (AvgIpc) is 3.05. The third-order valence-corrected chi connectivity index (χ3v) is 5.22. The SMILES string of the molecule is CCCc1noc(COC(=O)c2ccc(OC)c(S(=O)(=O)NC(C)(C)C)c2)n1. The van der Waals surface area contributed by atoms with E-state index in [2.05, 4.69) is 14.9 Å². The Morgan fingerprint density at radius 3 is 2.61 bits per heavy atom. The number of rotatable bonds is 8. The standard InChI is InChI=1S/C18H25N3O6S/c1-6-7-15-19-16(27-20-15)11-26-17(22)12-8-9-13(25-5)14(10-12)28(23,24)21-18(2,3)4/h8-10,21H,6-7,11H2,1-5H3. The van der Waals surface area contributed by atoms with Gasteiger partial charge in [-0.3, -0.25) is 0 Å². The molecule has 0 saturated carbocycles. The van der Waals surface area contributed by atoms with Crippen molar-refractivity contribution >= 4 is 16.0 Å². The molecule has 10 heteroatoms. The van der Waals surface area contributed by atoms with Crippen molar-refractivity contribution in [1.29, 1.82) is 0 Å². The topological polar surface area (TPSA) is 121 Å². The van der Waals surface area contributed by atoms with Gasteiger partial charge in [-0.2, -0.15) is 4.98 Å². The molecule has 1 aromatic heterocycles. The highest BCUT2D eigenvalue weighted by atomic mass is 32.2. The Morgan fingerprint density at radius 2 is 2.00 bits per heavy atom. The molecule has 0 atom stereocenters. The first-order valence-corrected chi connectivity index (χ1v) is 10.2. The fraction of sp³-hybridized carbons (Fsp3) is 0.500. The van der Waals surface area contributed by atoms with Crippen LogP contribution in [0, 0.1) is 0 Å². The number of nitrogens with one attached hydrogen (secondary N) is 1. The Kier molecular flexibility index (Phi) is 6.78. The lowest BCUT2D eigenvalue weighted by atomic mass is 10.1. The van der Waals surface area contributed by atoms with Crippen LogP contribution in [0.25, 0.3) is 0 Å². The number of benzene rings is 1. The molecular weight excluding hydrogens is 386 g/mol. The van der Waals surface area contributed by atoms with Gasteiger partial charge in [0.05, 0.1) is 12.7 Å². The normalized spacial score (nSPS) is 12.0. The number of carbonyl (C=O) groups excluding carboxylic acids is 1. The molecule has 0 fully saturated rings. The van der Waals surface area contributed by atoms with Crippen molar-refractivity contribution < 1.29 is 27.2 Å². The fourth-order valence-corrected chi connectivity index (χ4v) is 3.97. The molecular formula is C18H25N3O6S. The molecule has 1 aromatic carbocycles. The molecule has 0 amide bonds. The molecule has 2 rings (SSSR count). The lowest BCUT2D eigenvalue weighted by Gasteiger charge is -2.21. The molecule has 1 heterocycles. The third-order valence-electron chi connectivity index (χ3n) is 3.44. The first kappa shape index (κ1) is 21.8. The molecule has 0 saturated heterocycles. The molecule has 9 nitrogen and oxygen atoms in total. The van der Waals surface area contributed by atoms with E-state index in [0.717, 1.165) is 6.42 Å². The monoisotopic (exact) mass is 411 g/mol. The van der Waals surface area contributed by atoms with E-state index in [-0.39, 0.29) is 28.7 Å². The van der Waals surface area contributed by atoms with Crippen LogP contribution < -0.4 is 9.46 Å². The highest BCUT2D eigenvalue weighted by Gasteiger charge is 2.26. The molecule has 2 aromatic rings. The van der Waals surface area contributed by atoms with Gasteiger partial charge in [-0.1, -0.05) is 12.1 Å². The summed E-state index contributed by atoms with van der Waals surface area (Å²) >= 11 is 0. The minimum Gasteiger partial charge on any atom is -0.495 e. The van der Waals surface area contributed by atoms with E-state index in [1.165, 1.54) is 25.3 Å². The van der Waals surface area contributed by atoms with E-state index >= 15 is 0 Å². The molecule has 0 bridgehead atoms. The maximum absolute atomic E-state index is 12.7. The smallest absolute Gasteiger partial charge is 0.338 e. The number of carbonyl (C=O) groups is 1. The second kappa shape index (κ2) is 8.70. The van der Waals surface area contributed by atoms with Crippen molar-refractivity contribution in [2.75, 3.05) is 7.11 Å². The average molecular weight is 411 g/mol. The fourth-order valence-electron chi connectivity index (χ4n) is 2.36. The molecule has 154 valence electrons. The van der Waals surface area contributed by atoms with E-state index in [1.54, 1.807) is 20.8 Å². The Bertz CT molecular complexity index is 931. The number of hydrogen-bond donors (Lipinski definition) is 1. The number of nitrogens with zero attached hydrogens (tertiary/aromatic N) is 2. The maximum atomic E-state index is 12.7. The number of aromatic nitrogens is 2. The molecule has 0 spiro atoms. The van der Waals surface area contributed by atoms with Gasteiger partial charge < -0.3 is 14.0 Å². The number of ether oxygens (including phenoxy) is 2. The first-order valence-electron chi connectivity index (χ1n) is 8.76. The van der Waals surface area contributed by atoms with E-state index in [9.17, 15) is 13.2 Å². The zero-order valence-corrected chi connectivity index (χ0v) is 17.4. The van der Waals surface area contributed by atoms with Gasteiger partial charge in [0.15, 0.2) is 12.4 Å². The van der Waals surface area contributed by atoms with Crippen LogP contribution in [0.4, 0.5) is 0 Å². The van der Waals surface area contributed by atoms with Crippen molar-refractivity contribution in [3.05, 3.63) is 35.5 Å².